The minimum atomic E-state index is -4.71. The fourth-order valence-corrected chi connectivity index (χ4v) is 2.23. The number of alkyl halides is 3. The molecular formula is C13H9ClF3NO. The molecule has 1 aliphatic rings. The number of aromatic nitrogens is 1. The summed E-state index contributed by atoms with van der Waals surface area (Å²) in [6, 6.07) is 5.72. The SMILES string of the molecule is FC(F)(F)Oc1ccc2nc(C3CC3)cc(Cl)c2c1. The van der Waals surface area contributed by atoms with E-state index in [0.717, 1.165) is 18.5 Å². The van der Waals surface area contributed by atoms with Crippen LogP contribution in [-0.4, -0.2) is 11.3 Å². The van der Waals surface area contributed by atoms with Gasteiger partial charge in [-0.1, -0.05) is 11.6 Å². The Labute approximate surface area is 112 Å². The zero-order valence-corrected chi connectivity index (χ0v) is 10.4. The molecule has 0 saturated heterocycles. The lowest BCUT2D eigenvalue weighted by molar-refractivity contribution is -0.274. The van der Waals surface area contributed by atoms with Crippen LogP contribution in [0.15, 0.2) is 24.3 Å². The van der Waals surface area contributed by atoms with Gasteiger partial charge >= 0.3 is 6.36 Å². The summed E-state index contributed by atoms with van der Waals surface area (Å²) in [6.07, 6.45) is -2.53. The maximum atomic E-state index is 12.1. The summed E-state index contributed by atoms with van der Waals surface area (Å²) in [6.45, 7) is 0. The van der Waals surface area contributed by atoms with E-state index in [1.807, 2.05) is 0 Å². The number of nitrogens with zero attached hydrogens (tertiary/aromatic N) is 1. The standard InChI is InChI=1S/C13H9ClF3NO/c14-10-6-12(7-1-2-7)18-11-4-3-8(5-9(10)11)19-13(15,16)17/h3-7H,1-2H2. The summed E-state index contributed by atoms with van der Waals surface area (Å²) < 4.78 is 40.3. The van der Waals surface area contributed by atoms with Gasteiger partial charge in [0.25, 0.3) is 0 Å². The highest BCUT2D eigenvalue weighted by Gasteiger charge is 2.31. The quantitative estimate of drug-likeness (QED) is 0.801. The second kappa shape index (κ2) is 4.27. The zero-order valence-electron chi connectivity index (χ0n) is 9.67. The van der Waals surface area contributed by atoms with Crippen LogP contribution in [0.4, 0.5) is 13.2 Å². The second-order valence-electron chi connectivity index (χ2n) is 4.53. The smallest absolute Gasteiger partial charge is 0.406 e. The number of rotatable bonds is 2. The highest BCUT2D eigenvalue weighted by Crippen LogP contribution is 2.41. The van der Waals surface area contributed by atoms with Gasteiger partial charge in [0, 0.05) is 17.0 Å². The fourth-order valence-electron chi connectivity index (χ4n) is 1.97. The van der Waals surface area contributed by atoms with Gasteiger partial charge in [-0.25, -0.2) is 0 Å². The summed E-state index contributed by atoms with van der Waals surface area (Å²) in [7, 11) is 0. The molecule has 6 heteroatoms. The lowest BCUT2D eigenvalue weighted by Crippen LogP contribution is -2.17. The number of hydrogen-bond donors (Lipinski definition) is 0. The first kappa shape index (κ1) is 12.5. The number of hydrogen-bond acceptors (Lipinski definition) is 2. The van der Waals surface area contributed by atoms with Gasteiger partial charge in [-0.2, -0.15) is 0 Å². The van der Waals surface area contributed by atoms with Crippen molar-refractivity contribution in [3.8, 4) is 5.75 Å². The van der Waals surface area contributed by atoms with Gasteiger partial charge in [-0.05, 0) is 37.1 Å². The van der Waals surface area contributed by atoms with E-state index in [1.54, 1.807) is 6.07 Å². The largest absolute Gasteiger partial charge is 0.573 e. The van der Waals surface area contributed by atoms with Gasteiger partial charge in [0.05, 0.1) is 10.5 Å². The van der Waals surface area contributed by atoms with Crippen LogP contribution in [0.25, 0.3) is 10.9 Å². The van der Waals surface area contributed by atoms with Gasteiger partial charge in [-0.3, -0.25) is 4.98 Å². The Morgan fingerprint density at radius 1 is 1.21 bits per heavy atom. The molecule has 1 fully saturated rings. The molecule has 0 radical (unpaired) electrons. The topological polar surface area (TPSA) is 22.1 Å². The molecule has 1 aliphatic carbocycles. The first-order valence-corrected chi connectivity index (χ1v) is 6.16. The first-order valence-electron chi connectivity index (χ1n) is 5.78. The van der Waals surface area contributed by atoms with Crippen LogP contribution in [0, 0.1) is 0 Å². The predicted octanol–water partition coefficient (Wildman–Crippen LogP) is 4.66. The number of ether oxygens (including phenoxy) is 1. The van der Waals surface area contributed by atoms with Crippen molar-refractivity contribution < 1.29 is 17.9 Å². The molecule has 1 saturated carbocycles. The molecule has 1 heterocycles. The molecule has 0 bridgehead atoms. The molecule has 1 aromatic carbocycles. The second-order valence-corrected chi connectivity index (χ2v) is 4.94. The van der Waals surface area contributed by atoms with Crippen molar-refractivity contribution in [2.45, 2.75) is 25.1 Å². The van der Waals surface area contributed by atoms with Crippen LogP contribution < -0.4 is 4.74 Å². The van der Waals surface area contributed by atoms with Crippen molar-refractivity contribution in [2.24, 2.45) is 0 Å². The Balaban J connectivity index is 2.03. The Kier molecular flexibility index (Phi) is 2.82. The molecule has 0 atom stereocenters. The summed E-state index contributed by atoms with van der Waals surface area (Å²) in [4.78, 5) is 4.41. The minimum Gasteiger partial charge on any atom is -0.406 e. The third-order valence-electron chi connectivity index (χ3n) is 2.98. The van der Waals surface area contributed by atoms with Crippen molar-refractivity contribution in [3.63, 3.8) is 0 Å². The molecule has 0 aliphatic heterocycles. The van der Waals surface area contributed by atoms with Crippen molar-refractivity contribution in [1.82, 2.24) is 4.98 Å². The molecule has 1 aromatic heterocycles. The van der Waals surface area contributed by atoms with Crippen molar-refractivity contribution >= 4 is 22.5 Å². The van der Waals surface area contributed by atoms with Crippen molar-refractivity contribution in [3.05, 3.63) is 35.0 Å². The number of fused-ring (bicyclic) bond motifs is 1. The van der Waals surface area contributed by atoms with E-state index in [2.05, 4.69) is 9.72 Å². The average Bonchev–Trinajstić information content (AvgIpc) is 3.11. The van der Waals surface area contributed by atoms with Gasteiger partial charge in [-0.15, -0.1) is 13.2 Å². The average molecular weight is 288 g/mol. The molecule has 100 valence electrons. The van der Waals surface area contributed by atoms with E-state index >= 15 is 0 Å². The highest BCUT2D eigenvalue weighted by atomic mass is 35.5. The first-order chi connectivity index (χ1) is 8.92. The van der Waals surface area contributed by atoms with Crippen LogP contribution >= 0.6 is 11.6 Å². The van der Waals surface area contributed by atoms with Crippen LogP contribution in [0.3, 0.4) is 0 Å². The van der Waals surface area contributed by atoms with Gasteiger partial charge < -0.3 is 4.74 Å². The molecule has 3 rings (SSSR count). The zero-order chi connectivity index (χ0) is 13.6. The highest BCUT2D eigenvalue weighted by molar-refractivity contribution is 6.35. The summed E-state index contributed by atoms with van der Waals surface area (Å²) in [5, 5.41) is 0.868. The van der Waals surface area contributed by atoms with Gasteiger partial charge in [0.2, 0.25) is 0 Å². The maximum Gasteiger partial charge on any atom is 0.573 e. The molecule has 19 heavy (non-hydrogen) atoms. The number of benzene rings is 1. The van der Waals surface area contributed by atoms with E-state index in [0.29, 0.717) is 21.8 Å². The normalized spacial score (nSPS) is 15.8. The molecule has 0 amide bonds. The molecule has 0 spiro atoms. The van der Waals surface area contributed by atoms with E-state index in [9.17, 15) is 13.2 Å². The summed E-state index contributed by atoms with van der Waals surface area (Å²) >= 11 is 6.10. The summed E-state index contributed by atoms with van der Waals surface area (Å²) in [5.74, 6) is 0.149. The van der Waals surface area contributed by atoms with Crippen LogP contribution in [-0.2, 0) is 0 Å². The minimum absolute atomic E-state index is 0.289. The fraction of sp³-hybridized carbons (Fsp3) is 0.308. The molecule has 2 aromatic rings. The third-order valence-corrected chi connectivity index (χ3v) is 3.29. The number of halogens is 4. The van der Waals surface area contributed by atoms with Gasteiger partial charge in [0.15, 0.2) is 0 Å². The Morgan fingerprint density at radius 3 is 2.58 bits per heavy atom. The van der Waals surface area contributed by atoms with Crippen molar-refractivity contribution in [1.29, 1.82) is 0 Å². The lowest BCUT2D eigenvalue weighted by Gasteiger charge is -2.10. The molecule has 2 nitrogen and oxygen atoms in total. The van der Waals surface area contributed by atoms with Crippen LogP contribution in [0.5, 0.6) is 5.75 Å². The Morgan fingerprint density at radius 2 is 1.95 bits per heavy atom. The Bertz CT molecular complexity index is 638. The molecular weight excluding hydrogens is 279 g/mol. The maximum absolute atomic E-state index is 12.1. The van der Waals surface area contributed by atoms with E-state index < -0.39 is 6.36 Å². The van der Waals surface area contributed by atoms with Gasteiger partial charge in [0.1, 0.15) is 5.75 Å². The Hall–Kier alpha value is -1.49. The molecule has 0 N–H and O–H groups in total. The summed E-state index contributed by atoms with van der Waals surface area (Å²) in [5.41, 5.74) is 1.49. The predicted molar refractivity (Wildman–Crippen MR) is 65.4 cm³/mol. The number of pyridine rings is 1. The molecule has 0 unspecified atom stereocenters. The van der Waals surface area contributed by atoms with E-state index in [-0.39, 0.29) is 5.75 Å². The van der Waals surface area contributed by atoms with Crippen LogP contribution in [0.2, 0.25) is 5.02 Å². The van der Waals surface area contributed by atoms with E-state index in [1.165, 1.54) is 18.2 Å². The van der Waals surface area contributed by atoms with Crippen LogP contribution in [0.1, 0.15) is 24.5 Å². The third kappa shape index (κ3) is 2.76. The lowest BCUT2D eigenvalue weighted by atomic mass is 10.1. The monoisotopic (exact) mass is 287 g/mol. The van der Waals surface area contributed by atoms with E-state index in [4.69, 9.17) is 11.6 Å². The van der Waals surface area contributed by atoms with Crippen molar-refractivity contribution in [2.75, 3.05) is 0 Å².